The summed E-state index contributed by atoms with van der Waals surface area (Å²) < 4.78 is 142. The summed E-state index contributed by atoms with van der Waals surface area (Å²) in [6, 6.07) is -3.49. The zero-order valence-electron chi connectivity index (χ0n) is 85.4. The molecule has 50 heteroatoms. The largest absolute Gasteiger partial charge is 0.460 e. The Labute approximate surface area is 844 Å². The van der Waals surface area contributed by atoms with Crippen molar-refractivity contribution in [3.8, 4) is 0 Å². The van der Waals surface area contributed by atoms with Crippen LogP contribution in [0.25, 0.3) is 0 Å². The van der Waals surface area contributed by atoms with Gasteiger partial charge in [0.1, 0.15) is 23.3 Å². The highest BCUT2D eigenvalue weighted by atomic mass is 16.6. The van der Waals surface area contributed by atoms with Gasteiger partial charge < -0.3 is 166 Å². The van der Waals surface area contributed by atoms with E-state index < -0.39 is 70.5 Å². The number of amides is 12. The second kappa shape index (κ2) is 91.9. The Bertz CT molecular complexity index is 3220. The Balaban J connectivity index is 1.52. The van der Waals surface area contributed by atoms with Crippen molar-refractivity contribution in [3.63, 3.8) is 0 Å². The van der Waals surface area contributed by atoms with Crippen molar-refractivity contribution in [3.05, 3.63) is 24.3 Å². The summed E-state index contributed by atoms with van der Waals surface area (Å²) in [4.78, 5) is 178. The van der Waals surface area contributed by atoms with Crippen molar-refractivity contribution in [1.82, 2.24) is 52.3 Å². The van der Waals surface area contributed by atoms with E-state index in [1.807, 2.05) is 41.5 Å². The zero-order chi connectivity index (χ0) is 105. The molecule has 0 aromatic rings. The summed E-state index contributed by atoms with van der Waals surface area (Å²) in [5.74, 6) is -6.88. The van der Waals surface area contributed by atoms with Crippen molar-refractivity contribution in [2.75, 3.05) is 369 Å². The quantitative estimate of drug-likeness (QED) is 0.0177. The van der Waals surface area contributed by atoms with Crippen LogP contribution in [0.4, 0.5) is 0 Å². The van der Waals surface area contributed by atoms with Crippen LogP contribution in [0.1, 0.15) is 106 Å². The Morgan fingerprint density at radius 3 is 0.556 bits per heavy atom. The molecule has 830 valence electrons. The van der Waals surface area contributed by atoms with Crippen LogP contribution in [-0.2, 0) is 190 Å². The molecule has 0 spiro atoms. The summed E-state index contributed by atoms with van der Waals surface area (Å²) in [6.07, 6.45) is 4.79. The molecule has 50 nitrogen and oxygen atoms in total. The Morgan fingerprint density at radius 2 is 0.375 bits per heavy atom. The van der Waals surface area contributed by atoms with Crippen LogP contribution in [0, 0.1) is 0 Å². The summed E-state index contributed by atoms with van der Waals surface area (Å²) >= 11 is 0. The van der Waals surface area contributed by atoms with Gasteiger partial charge in [-0.25, -0.2) is 0 Å². The number of hydrogen-bond acceptors (Lipinski definition) is 40. The van der Waals surface area contributed by atoms with Gasteiger partial charge in [-0.1, -0.05) is 0 Å². The van der Waals surface area contributed by atoms with Crippen molar-refractivity contribution in [2.24, 2.45) is 0 Å². The zero-order valence-corrected chi connectivity index (χ0v) is 85.4. The monoisotopic (exact) mass is 2070 g/mol. The van der Waals surface area contributed by atoms with Gasteiger partial charge in [-0.3, -0.25) is 76.9 Å². The number of imide groups is 2. The molecule has 0 radical (unpaired) electrons. The van der Waals surface area contributed by atoms with Crippen molar-refractivity contribution in [1.29, 1.82) is 0 Å². The van der Waals surface area contributed by atoms with E-state index in [2.05, 4.69) is 42.5 Å². The molecule has 0 unspecified atom stereocenters. The van der Waals surface area contributed by atoms with Gasteiger partial charge in [0.15, 0.2) is 0 Å². The molecule has 0 saturated heterocycles. The van der Waals surface area contributed by atoms with Crippen molar-refractivity contribution < 1.29 is 190 Å². The van der Waals surface area contributed by atoms with E-state index in [1.165, 1.54) is 0 Å². The van der Waals surface area contributed by atoms with Crippen molar-refractivity contribution in [2.45, 2.75) is 129 Å². The maximum absolute atomic E-state index is 14.1. The first-order valence-electron chi connectivity index (χ1n) is 49.3. The predicted molar refractivity (Wildman–Crippen MR) is 511 cm³/mol. The molecule has 12 amide bonds. The third-order valence-corrected chi connectivity index (χ3v) is 18.6. The van der Waals surface area contributed by atoms with E-state index in [0.29, 0.717) is 211 Å². The third kappa shape index (κ3) is 83.5. The molecule has 2 rings (SSSR count). The molecule has 0 aliphatic carbocycles. The third-order valence-electron chi connectivity index (χ3n) is 18.6. The highest BCUT2D eigenvalue weighted by Crippen LogP contribution is 2.12. The molecule has 2 heterocycles. The van der Waals surface area contributed by atoms with E-state index in [4.69, 9.17) is 123 Å². The Morgan fingerprint density at radius 1 is 0.215 bits per heavy atom. The summed E-state index contributed by atoms with van der Waals surface area (Å²) in [5.41, 5.74) is -1.04. The Kier molecular flexibility index (Phi) is 84.0. The number of nitrogens with zero attached hydrogens (tertiary/aromatic N) is 2. The number of ether oxygens (including phenoxy) is 26. The normalized spacial score (nSPS) is 13.0. The fourth-order valence-electron chi connectivity index (χ4n) is 11.6. The van der Waals surface area contributed by atoms with Gasteiger partial charge in [0.05, 0.1) is 330 Å². The van der Waals surface area contributed by atoms with E-state index in [9.17, 15) is 67.1 Å². The summed E-state index contributed by atoms with van der Waals surface area (Å²) in [6.45, 7) is 25.4. The lowest BCUT2D eigenvalue weighted by atomic mass is 10.0. The van der Waals surface area contributed by atoms with Crippen LogP contribution < -0.4 is 42.5 Å². The molecule has 0 saturated carbocycles. The molecule has 2 aliphatic heterocycles. The minimum atomic E-state index is -1.74. The van der Waals surface area contributed by atoms with Gasteiger partial charge in [0.2, 0.25) is 47.3 Å². The highest BCUT2D eigenvalue weighted by molar-refractivity contribution is 6.13. The van der Waals surface area contributed by atoms with E-state index in [1.54, 1.807) is 0 Å². The average Bonchev–Trinajstić information content (AvgIpc) is 1.12. The average molecular weight is 2070 g/mol. The predicted octanol–water partition coefficient (Wildman–Crippen LogP) is -2.51. The molecule has 2 atom stereocenters. The molecule has 8 N–H and O–H groups in total. The first-order chi connectivity index (χ1) is 69.7. The number of hydrogen-bond donors (Lipinski definition) is 8. The first kappa shape index (κ1) is 132. The van der Waals surface area contributed by atoms with Crippen LogP contribution in [0.2, 0.25) is 0 Å². The van der Waals surface area contributed by atoms with Gasteiger partial charge in [-0.05, 0) is 54.4 Å². The lowest BCUT2D eigenvalue weighted by Gasteiger charge is -2.28. The van der Waals surface area contributed by atoms with Crippen LogP contribution in [0.15, 0.2) is 24.3 Å². The van der Waals surface area contributed by atoms with Crippen LogP contribution in [0.3, 0.4) is 0 Å². The number of esters is 2. The van der Waals surface area contributed by atoms with Gasteiger partial charge in [-0.2, -0.15) is 0 Å². The van der Waals surface area contributed by atoms with Crippen LogP contribution in [-0.4, -0.2) is 485 Å². The fraction of sp³-hybridized carbons (Fsp3) is 0.809. The minimum absolute atomic E-state index is 0.0167. The maximum atomic E-state index is 14.1. The van der Waals surface area contributed by atoms with Crippen LogP contribution in [0.5, 0.6) is 0 Å². The molecular formula is C94H164N10O40. The standard InChI is InChI=1S/C94H164N10O40/c1-93(2,3)143-87(115)19-33-123-45-57-135-69-75-139-61-49-127-37-23-97-77(105)15-29-119-41-53-131-65-71-137-59-47-125-35-21-95-79(107)17-31-121-43-55-133-67-73-141-63-51-129-39-25-99-91(117)89(101-81(109)9-7-27-103-83(111)11-12-84(103)112)90(102-82(110)10-8-28-104-85(113)13-14-86(104)114)92(118)100-26-40-130-52-64-142-74-68-134-56-44-122-32-18-80(108)96-22-36-126-48-60-138-72-66-132-54-42-120-30-16-78(106)98-24-38-128-50-62-140-76-70-136-58-46-124-34-20-88(116)144-94(4,5)6/h11-14,89-90H,7-10,15-76H2,1-6H3,(H,95,107)(H,96,108)(H,97,105)(H,98,106)(H,99,117)(H,100,118)(H,101,109)(H,102,110)/t89-,90-/m1/s1. The van der Waals surface area contributed by atoms with E-state index in [0.717, 1.165) is 34.1 Å². The second-order valence-electron chi connectivity index (χ2n) is 33.0. The lowest BCUT2D eigenvalue weighted by Crippen LogP contribution is -2.64. The molecule has 0 aromatic heterocycles. The molecule has 2 aliphatic rings. The topological polar surface area (TPSA) is 582 Å². The number of carbonyl (C=O) groups excluding carboxylic acids is 14. The fourth-order valence-corrected chi connectivity index (χ4v) is 11.6. The summed E-state index contributed by atoms with van der Waals surface area (Å²) in [5, 5.41) is 21.4. The molecule has 0 bridgehead atoms. The number of rotatable bonds is 103. The molecular weight excluding hydrogens is 1910 g/mol. The number of nitrogens with one attached hydrogen (secondary N) is 8. The summed E-state index contributed by atoms with van der Waals surface area (Å²) in [7, 11) is 0. The first-order valence-corrected chi connectivity index (χ1v) is 49.3. The van der Waals surface area contributed by atoms with Crippen molar-refractivity contribution >= 4 is 82.8 Å². The molecule has 0 fully saturated rings. The molecule has 0 aromatic carbocycles. The lowest BCUT2D eigenvalue weighted by molar-refractivity contribution is -0.157. The maximum Gasteiger partial charge on any atom is 0.308 e. The Hall–Kier alpha value is -8.50. The van der Waals surface area contributed by atoms with Gasteiger partial charge in [0.25, 0.3) is 23.6 Å². The number of carbonyl (C=O) groups is 14. The van der Waals surface area contributed by atoms with E-state index >= 15 is 0 Å². The highest BCUT2D eigenvalue weighted by Gasteiger charge is 2.37. The molecule has 144 heavy (non-hydrogen) atoms. The second-order valence-corrected chi connectivity index (χ2v) is 33.0. The van der Waals surface area contributed by atoms with Gasteiger partial charge in [-0.15, -0.1) is 0 Å². The van der Waals surface area contributed by atoms with E-state index in [-0.39, 0.29) is 258 Å². The SMILES string of the molecule is CC(C)(C)OC(=O)CCOCCOCCOCCOCCNC(=O)CCOCCOCCOCCOCCNC(=O)CCOCCOCCOCCOCCNC(=O)[C@H](NC(=O)CCCN1C(=O)C=CC1=O)[C@@H](NC(=O)CCCN1C(=O)C=CC1=O)C(=O)NCCOCCOCCOCCOCCC(=O)NCCOCCOCCOCCOCCC(=O)NCCOCCOCCOCCOCCC(=O)OC(C)(C)C. The smallest absolute Gasteiger partial charge is 0.308 e. The van der Waals surface area contributed by atoms with Gasteiger partial charge >= 0.3 is 11.9 Å². The minimum Gasteiger partial charge on any atom is -0.460 e. The van der Waals surface area contributed by atoms with Crippen LogP contribution >= 0.6 is 0 Å². The van der Waals surface area contributed by atoms with Gasteiger partial charge in [0, 0.05) is 115 Å².